The maximum Gasteiger partial charge on any atom is 0.270 e. The first-order valence-corrected chi connectivity index (χ1v) is 7.26. The van der Waals surface area contributed by atoms with Gasteiger partial charge in [0.25, 0.3) is 5.91 Å². The minimum Gasteiger partial charge on any atom is -0.395 e. The topological polar surface area (TPSA) is 75.1 Å². The van der Waals surface area contributed by atoms with Crippen molar-refractivity contribution in [1.29, 1.82) is 0 Å². The van der Waals surface area contributed by atoms with Crippen molar-refractivity contribution in [2.45, 2.75) is 19.9 Å². The molecule has 2 rings (SSSR count). The minimum atomic E-state index is -0.238. The summed E-state index contributed by atoms with van der Waals surface area (Å²) in [5.41, 5.74) is 1.06. The van der Waals surface area contributed by atoms with E-state index in [0.29, 0.717) is 18.7 Å². The molecule has 108 valence electrons. The van der Waals surface area contributed by atoms with Crippen LogP contribution in [-0.4, -0.2) is 27.6 Å². The maximum absolute atomic E-state index is 11.9. The Morgan fingerprint density at radius 2 is 2.24 bits per heavy atom. The normalized spacial score (nSPS) is 9.81. The molecule has 21 heavy (non-hydrogen) atoms. The second-order valence-corrected chi connectivity index (χ2v) is 5.57. The number of nitrogens with one attached hydrogen (secondary N) is 1. The Kier molecular flexibility index (Phi) is 5.43. The molecule has 0 atom stereocenters. The number of amides is 1. The SMILES string of the molecule is Cc1cnc(CNC(=O)c2ccc(C#CCCO)cn2)s1. The molecule has 0 aromatic carbocycles. The van der Waals surface area contributed by atoms with Gasteiger partial charge in [-0.1, -0.05) is 11.8 Å². The highest BCUT2D eigenvalue weighted by Crippen LogP contribution is 2.10. The predicted molar refractivity (Wildman–Crippen MR) is 80.8 cm³/mol. The van der Waals surface area contributed by atoms with Gasteiger partial charge >= 0.3 is 0 Å². The number of hydrogen-bond donors (Lipinski definition) is 2. The van der Waals surface area contributed by atoms with E-state index in [1.165, 1.54) is 0 Å². The largest absolute Gasteiger partial charge is 0.395 e. The van der Waals surface area contributed by atoms with Crippen LogP contribution in [0.15, 0.2) is 24.5 Å². The standard InChI is InChI=1S/C15H15N3O2S/c1-11-8-17-14(21-11)10-18-15(20)13-6-5-12(9-16-13)4-2-3-7-19/h5-6,8-9,19H,3,7,10H2,1H3,(H,18,20). The Balaban J connectivity index is 1.92. The summed E-state index contributed by atoms with van der Waals surface area (Å²) in [5.74, 6) is 5.42. The van der Waals surface area contributed by atoms with E-state index in [2.05, 4.69) is 27.1 Å². The number of aliphatic hydroxyl groups is 1. The second-order valence-electron chi connectivity index (χ2n) is 4.25. The highest BCUT2D eigenvalue weighted by atomic mass is 32.1. The van der Waals surface area contributed by atoms with Crippen LogP contribution in [0.1, 0.15) is 32.4 Å². The lowest BCUT2D eigenvalue weighted by Gasteiger charge is -2.02. The fourth-order valence-electron chi connectivity index (χ4n) is 1.55. The summed E-state index contributed by atoms with van der Waals surface area (Å²) in [6.45, 7) is 2.41. The lowest BCUT2D eigenvalue weighted by Crippen LogP contribution is -2.23. The van der Waals surface area contributed by atoms with Gasteiger partial charge in [-0.15, -0.1) is 11.3 Å². The molecule has 2 heterocycles. The number of aromatic nitrogens is 2. The monoisotopic (exact) mass is 301 g/mol. The molecule has 0 spiro atoms. The summed E-state index contributed by atoms with van der Waals surface area (Å²) in [4.78, 5) is 21.3. The van der Waals surface area contributed by atoms with Gasteiger partial charge in [0.1, 0.15) is 10.7 Å². The van der Waals surface area contributed by atoms with Crippen molar-refractivity contribution < 1.29 is 9.90 Å². The van der Waals surface area contributed by atoms with Crippen LogP contribution in [0.5, 0.6) is 0 Å². The van der Waals surface area contributed by atoms with Crippen molar-refractivity contribution in [3.8, 4) is 11.8 Å². The molecule has 0 fully saturated rings. The Hall–Kier alpha value is -2.23. The van der Waals surface area contributed by atoms with E-state index in [-0.39, 0.29) is 12.5 Å². The fourth-order valence-corrected chi connectivity index (χ4v) is 2.28. The third-order valence-corrected chi connectivity index (χ3v) is 3.45. The Bertz CT molecular complexity index is 668. The first-order valence-electron chi connectivity index (χ1n) is 6.44. The average Bonchev–Trinajstić information content (AvgIpc) is 2.91. The number of carbonyl (C=O) groups is 1. The summed E-state index contributed by atoms with van der Waals surface area (Å²) >= 11 is 1.55. The van der Waals surface area contributed by atoms with Crippen LogP contribution in [0.25, 0.3) is 0 Å². The summed E-state index contributed by atoms with van der Waals surface area (Å²) in [6.07, 6.45) is 3.76. The molecule has 1 amide bonds. The number of thiazole rings is 1. The third-order valence-electron chi connectivity index (χ3n) is 2.53. The van der Waals surface area contributed by atoms with E-state index in [1.54, 1.807) is 35.9 Å². The molecule has 2 aromatic heterocycles. The van der Waals surface area contributed by atoms with Crippen LogP contribution >= 0.6 is 11.3 Å². The van der Waals surface area contributed by atoms with Gasteiger partial charge in [-0.3, -0.25) is 4.79 Å². The average molecular weight is 301 g/mol. The molecule has 0 saturated heterocycles. The lowest BCUT2D eigenvalue weighted by molar-refractivity contribution is 0.0946. The van der Waals surface area contributed by atoms with Crippen LogP contribution in [0.3, 0.4) is 0 Å². The molecule has 2 aromatic rings. The summed E-state index contributed by atoms with van der Waals surface area (Å²) in [7, 11) is 0. The van der Waals surface area contributed by atoms with Crippen LogP contribution < -0.4 is 5.32 Å². The van der Waals surface area contributed by atoms with Gasteiger partial charge in [0.15, 0.2) is 0 Å². The van der Waals surface area contributed by atoms with Crippen LogP contribution in [0, 0.1) is 18.8 Å². The van der Waals surface area contributed by atoms with Crippen LogP contribution in [0.2, 0.25) is 0 Å². The number of carbonyl (C=O) groups excluding carboxylic acids is 1. The van der Waals surface area contributed by atoms with Gasteiger partial charge in [-0.05, 0) is 19.1 Å². The molecular formula is C15H15N3O2S. The molecule has 0 aliphatic heterocycles. The zero-order valence-electron chi connectivity index (χ0n) is 11.6. The zero-order valence-corrected chi connectivity index (χ0v) is 12.4. The molecule has 6 heteroatoms. The maximum atomic E-state index is 11.9. The summed E-state index contributed by atoms with van der Waals surface area (Å²) in [6, 6.07) is 3.37. The van der Waals surface area contributed by atoms with E-state index >= 15 is 0 Å². The first-order chi connectivity index (χ1) is 10.2. The van der Waals surface area contributed by atoms with E-state index in [4.69, 9.17) is 5.11 Å². The lowest BCUT2D eigenvalue weighted by atomic mass is 10.2. The van der Waals surface area contributed by atoms with Crippen molar-refractivity contribution in [2.75, 3.05) is 6.61 Å². The number of aryl methyl sites for hydroxylation is 1. The molecule has 0 saturated carbocycles. The predicted octanol–water partition coefficient (Wildman–Crippen LogP) is 1.51. The van der Waals surface area contributed by atoms with Crippen molar-refractivity contribution in [3.63, 3.8) is 0 Å². The number of aliphatic hydroxyl groups excluding tert-OH is 1. The molecule has 0 bridgehead atoms. The molecular weight excluding hydrogens is 286 g/mol. The van der Waals surface area contributed by atoms with E-state index in [9.17, 15) is 4.79 Å². The molecule has 0 aliphatic rings. The molecule has 0 aliphatic carbocycles. The summed E-state index contributed by atoms with van der Waals surface area (Å²) < 4.78 is 0. The van der Waals surface area contributed by atoms with Gasteiger partial charge in [0.2, 0.25) is 0 Å². The third kappa shape index (κ3) is 4.67. The highest BCUT2D eigenvalue weighted by molar-refractivity contribution is 7.11. The fraction of sp³-hybridized carbons (Fsp3) is 0.267. The Morgan fingerprint density at radius 1 is 1.38 bits per heavy atom. The molecule has 2 N–H and O–H groups in total. The van der Waals surface area contributed by atoms with Crippen molar-refractivity contribution in [3.05, 3.63) is 45.7 Å². The van der Waals surface area contributed by atoms with Crippen LogP contribution in [-0.2, 0) is 6.54 Å². The summed E-state index contributed by atoms with van der Waals surface area (Å²) in [5, 5.41) is 12.3. The van der Waals surface area contributed by atoms with Gasteiger partial charge in [-0.2, -0.15) is 0 Å². The van der Waals surface area contributed by atoms with Gasteiger partial charge < -0.3 is 10.4 Å². The Morgan fingerprint density at radius 3 is 2.86 bits per heavy atom. The van der Waals surface area contributed by atoms with Gasteiger partial charge in [0, 0.05) is 29.3 Å². The smallest absolute Gasteiger partial charge is 0.270 e. The zero-order chi connectivity index (χ0) is 15.1. The Labute approximate surface area is 127 Å². The van der Waals surface area contributed by atoms with Crippen molar-refractivity contribution >= 4 is 17.2 Å². The quantitative estimate of drug-likeness (QED) is 0.839. The molecule has 0 unspecified atom stereocenters. The number of rotatable bonds is 4. The molecule has 0 radical (unpaired) electrons. The van der Waals surface area contributed by atoms with Gasteiger partial charge in [0.05, 0.1) is 13.2 Å². The van der Waals surface area contributed by atoms with Crippen molar-refractivity contribution in [2.24, 2.45) is 0 Å². The van der Waals surface area contributed by atoms with Crippen molar-refractivity contribution in [1.82, 2.24) is 15.3 Å². The first kappa shape index (κ1) is 15.2. The minimum absolute atomic E-state index is 0.0388. The highest BCUT2D eigenvalue weighted by Gasteiger charge is 2.07. The van der Waals surface area contributed by atoms with E-state index in [0.717, 1.165) is 15.4 Å². The second kappa shape index (κ2) is 7.53. The molecule has 5 nitrogen and oxygen atoms in total. The van der Waals surface area contributed by atoms with Gasteiger partial charge in [-0.25, -0.2) is 9.97 Å². The van der Waals surface area contributed by atoms with E-state index in [1.807, 2.05) is 6.92 Å². The number of nitrogens with zero attached hydrogens (tertiary/aromatic N) is 2. The van der Waals surface area contributed by atoms with Crippen LogP contribution in [0.4, 0.5) is 0 Å². The van der Waals surface area contributed by atoms with E-state index < -0.39 is 0 Å². The number of pyridine rings is 1. The number of hydrogen-bond acceptors (Lipinski definition) is 5.